The van der Waals surface area contributed by atoms with Crippen LogP contribution in [0.5, 0.6) is 0 Å². The highest BCUT2D eigenvalue weighted by Crippen LogP contribution is 2.18. The van der Waals surface area contributed by atoms with E-state index in [1.165, 1.54) is 12.1 Å². The number of aryl methyl sites for hydroxylation is 1. The smallest absolute Gasteiger partial charge is 0.247 e. The molecule has 0 aliphatic heterocycles. The van der Waals surface area contributed by atoms with Crippen LogP contribution in [0.1, 0.15) is 5.89 Å². The predicted molar refractivity (Wildman–Crippen MR) is 54.1 cm³/mol. The minimum Gasteiger partial charge on any atom is -0.421 e. The third-order valence-corrected chi connectivity index (χ3v) is 2.04. The van der Waals surface area contributed by atoms with Crippen LogP contribution in [-0.4, -0.2) is 16.1 Å². The molecule has 78 valence electrons. The van der Waals surface area contributed by atoms with Gasteiger partial charge in [-0.15, -0.1) is 21.8 Å². The zero-order chi connectivity index (χ0) is 10.7. The van der Waals surface area contributed by atoms with Gasteiger partial charge < -0.3 is 4.42 Å². The molecule has 0 spiro atoms. The van der Waals surface area contributed by atoms with Crippen molar-refractivity contribution in [2.24, 2.45) is 0 Å². The molecule has 0 bridgehead atoms. The van der Waals surface area contributed by atoms with Crippen LogP contribution in [0.15, 0.2) is 28.7 Å². The number of alkyl halides is 1. The molecule has 5 heteroatoms. The first-order valence-corrected chi connectivity index (χ1v) is 4.97. The molecule has 0 N–H and O–H groups in total. The van der Waals surface area contributed by atoms with Gasteiger partial charge in [0.1, 0.15) is 5.82 Å². The van der Waals surface area contributed by atoms with Crippen LogP contribution in [0.2, 0.25) is 0 Å². The van der Waals surface area contributed by atoms with Crippen molar-refractivity contribution in [1.29, 1.82) is 0 Å². The Bertz CT molecular complexity index is 458. The third kappa shape index (κ3) is 2.33. The first kappa shape index (κ1) is 10.1. The van der Waals surface area contributed by atoms with Crippen LogP contribution in [0.4, 0.5) is 4.39 Å². The summed E-state index contributed by atoms with van der Waals surface area (Å²) in [5, 5.41) is 7.59. The molecule has 0 fully saturated rings. The van der Waals surface area contributed by atoms with Gasteiger partial charge in [0.15, 0.2) is 0 Å². The van der Waals surface area contributed by atoms with Gasteiger partial charge in [-0.05, 0) is 18.2 Å². The number of benzene rings is 1. The third-order valence-electron chi connectivity index (χ3n) is 1.85. The van der Waals surface area contributed by atoms with Crippen molar-refractivity contribution < 1.29 is 8.81 Å². The summed E-state index contributed by atoms with van der Waals surface area (Å²) in [5.41, 5.74) is 0.573. The monoisotopic (exact) mass is 226 g/mol. The number of hydrogen-bond acceptors (Lipinski definition) is 3. The average molecular weight is 227 g/mol. The van der Waals surface area contributed by atoms with E-state index in [1.54, 1.807) is 12.1 Å². The van der Waals surface area contributed by atoms with Gasteiger partial charge in [0.05, 0.1) is 0 Å². The maximum atomic E-state index is 12.9. The first-order chi connectivity index (χ1) is 7.29. The van der Waals surface area contributed by atoms with Crippen molar-refractivity contribution in [3.05, 3.63) is 36.0 Å². The lowest BCUT2D eigenvalue weighted by atomic mass is 10.2. The lowest BCUT2D eigenvalue weighted by Gasteiger charge is -1.93. The summed E-state index contributed by atoms with van der Waals surface area (Å²) in [7, 11) is 0. The molecule has 3 nitrogen and oxygen atoms in total. The van der Waals surface area contributed by atoms with Crippen molar-refractivity contribution in [3.63, 3.8) is 0 Å². The van der Waals surface area contributed by atoms with Crippen LogP contribution in [0, 0.1) is 5.82 Å². The molecule has 0 unspecified atom stereocenters. The topological polar surface area (TPSA) is 38.9 Å². The molecular weight excluding hydrogens is 219 g/mol. The van der Waals surface area contributed by atoms with Crippen LogP contribution < -0.4 is 0 Å². The Hall–Kier alpha value is -1.42. The zero-order valence-corrected chi connectivity index (χ0v) is 8.54. The van der Waals surface area contributed by atoms with E-state index < -0.39 is 0 Å². The van der Waals surface area contributed by atoms with Gasteiger partial charge in [0.2, 0.25) is 11.8 Å². The van der Waals surface area contributed by atoms with Gasteiger partial charge in [-0.25, -0.2) is 4.39 Å². The zero-order valence-electron chi connectivity index (χ0n) is 7.78. The van der Waals surface area contributed by atoms with Crippen molar-refractivity contribution in [3.8, 4) is 11.5 Å². The SMILES string of the molecule is Fc1cccc(-c2nnc(CCCl)o2)c1. The van der Waals surface area contributed by atoms with Crippen molar-refractivity contribution >= 4 is 11.6 Å². The number of halogens is 2. The molecule has 1 heterocycles. The van der Waals surface area contributed by atoms with Gasteiger partial charge in [0, 0.05) is 17.9 Å². The van der Waals surface area contributed by atoms with E-state index in [0.29, 0.717) is 29.6 Å². The molecule has 0 aliphatic carbocycles. The molecule has 1 aromatic carbocycles. The molecule has 2 aromatic rings. The largest absolute Gasteiger partial charge is 0.421 e. The van der Waals surface area contributed by atoms with Gasteiger partial charge in [-0.2, -0.15) is 0 Å². The lowest BCUT2D eigenvalue weighted by molar-refractivity contribution is 0.513. The Morgan fingerprint density at radius 2 is 2.20 bits per heavy atom. The Morgan fingerprint density at radius 3 is 2.93 bits per heavy atom. The van der Waals surface area contributed by atoms with E-state index in [4.69, 9.17) is 16.0 Å². The van der Waals surface area contributed by atoms with Crippen molar-refractivity contribution in [2.75, 3.05) is 5.88 Å². The second kappa shape index (κ2) is 4.40. The Kier molecular flexibility index (Phi) is 2.97. The standard InChI is InChI=1S/C10H8ClFN2O/c11-5-4-9-13-14-10(15-9)7-2-1-3-8(12)6-7/h1-3,6H,4-5H2. The minimum absolute atomic E-state index is 0.314. The van der Waals surface area contributed by atoms with E-state index in [0.717, 1.165) is 0 Å². The fourth-order valence-corrected chi connectivity index (χ4v) is 1.34. The fraction of sp³-hybridized carbons (Fsp3) is 0.200. The predicted octanol–water partition coefficient (Wildman–Crippen LogP) is 2.66. The Balaban J connectivity index is 2.29. The molecule has 0 atom stereocenters. The normalized spacial score (nSPS) is 10.5. The van der Waals surface area contributed by atoms with Gasteiger partial charge >= 0.3 is 0 Å². The highest BCUT2D eigenvalue weighted by molar-refractivity contribution is 6.17. The highest BCUT2D eigenvalue weighted by Gasteiger charge is 2.08. The molecule has 1 aromatic heterocycles. The van der Waals surface area contributed by atoms with E-state index >= 15 is 0 Å². The highest BCUT2D eigenvalue weighted by atomic mass is 35.5. The summed E-state index contributed by atoms with van der Waals surface area (Å²) in [6, 6.07) is 6.01. The summed E-state index contributed by atoms with van der Waals surface area (Å²) in [6.07, 6.45) is 0.518. The summed E-state index contributed by atoms with van der Waals surface area (Å²) in [6.45, 7) is 0. The van der Waals surface area contributed by atoms with Crippen molar-refractivity contribution in [2.45, 2.75) is 6.42 Å². The van der Waals surface area contributed by atoms with Crippen LogP contribution >= 0.6 is 11.6 Å². The second-order valence-electron chi connectivity index (χ2n) is 2.95. The first-order valence-electron chi connectivity index (χ1n) is 4.44. The van der Waals surface area contributed by atoms with Gasteiger partial charge in [0.25, 0.3) is 0 Å². The Morgan fingerprint density at radius 1 is 1.33 bits per heavy atom. The van der Waals surface area contributed by atoms with Crippen LogP contribution in [0.3, 0.4) is 0 Å². The second-order valence-corrected chi connectivity index (χ2v) is 3.33. The average Bonchev–Trinajstić information content (AvgIpc) is 2.67. The number of aromatic nitrogens is 2. The summed E-state index contributed by atoms with van der Waals surface area (Å²) >= 11 is 5.53. The maximum Gasteiger partial charge on any atom is 0.247 e. The molecule has 0 aliphatic rings. The number of nitrogens with zero attached hydrogens (tertiary/aromatic N) is 2. The van der Waals surface area contributed by atoms with E-state index in [-0.39, 0.29) is 5.82 Å². The molecule has 0 saturated heterocycles. The van der Waals surface area contributed by atoms with Crippen LogP contribution in [-0.2, 0) is 6.42 Å². The number of hydrogen-bond donors (Lipinski definition) is 0. The van der Waals surface area contributed by atoms with Crippen LogP contribution in [0.25, 0.3) is 11.5 Å². The van der Waals surface area contributed by atoms with Gasteiger partial charge in [-0.1, -0.05) is 6.07 Å². The molecule has 0 radical (unpaired) electrons. The fourth-order valence-electron chi connectivity index (χ4n) is 1.17. The molecular formula is C10H8ClFN2O. The van der Waals surface area contributed by atoms with E-state index in [2.05, 4.69) is 10.2 Å². The number of rotatable bonds is 3. The molecule has 15 heavy (non-hydrogen) atoms. The Labute approximate surface area is 90.9 Å². The molecule has 0 amide bonds. The van der Waals surface area contributed by atoms with Crippen molar-refractivity contribution in [1.82, 2.24) is 10.2 Å². The minimum atomic E-state index is -0.329. The molecule has 0 saturated carbocycles. The van der Waals surface area contributed by atoms with Gasteiger partial charge in [-0.3, -0.25) is 0 Å². The molecule has 2 rings (SSSR count). The quantitative estimate of drug-likeness (QED) is 0.756. The maximum absolute atomic E-state index is 12.9. The summed E-state index contributed by atoms with van der Waals surface area (Å²) in [5.74, 6) is 0.869. The summed E-state index contributed by atoms with van der Waals surface area (Å²) in [4.78, 5) is 0. The van der Waals surface area contributed by atoms with E-state index in [9.17, 15) is 4.39 Å². The summed E-state index contributed by atoms with van der Waals surface area (Å²) < 4.78 is 18.2. The van der Waals surface area contributed by atoms with E-state index in [1.807, 2.05) is 0 Å². The lowest BCUT2D eigenvalue weighted by Crippen LogP contribution is -1.84.